The second-order valence-corrected chi connectivity index (χ2v) is 12.6. The number of cyclic esters (lactones) is 1. The van der Waals surface area contributed by atoms with Crippen molar-refractivity contribution in [2.24, 2.45) is 11.8 Å². The van der Waals surface area contributed by atoms with E-state index in [1.165, 1.54) is 11.1 Å². The topological polar surface area (TPSA) is 134 Å². The maximum absolute atomic E-state index is 14.0. The lowest BCUT2D eigenvalue weighted by molar-refractivity contribution is -0.157. The number of ketones is 1. The summed E-state index contributed by atoms with van der Waals surface area (Å²) in [6.45, 7) is 5.91. The first-order valence-electron chi connectivity index (χ1n) is 16.2. The summed E-state index contributed by atoms with van der Waals surface area (Å²) < 4.78 is 11.5. The highest BCUT2D eigenvalue weighted by atomic mass is 16.5. The Morgan fingerprint density at radius 2 is 1.83 bits per heavy atom. The molecule has 0 aromatic heterocycles. The van der Waals surface area contributed by atoms with Gasteiger partial charge in [-0.05, 0) is 73.4 Å². The zero-order chi connectivity index (χ0) is 33.2. The third-order valence-electron chi connectivity index (χ3n) is 8.72. The molecule has 0 radical (unpaired) electrons. The molecule has 2 amide bonds. The Bertz CT molecular complexity index is 1410. The Kier molecular flexibility index (Phi) is 12.5. The molecule has 2 aromatic rings. The van der Waals surface area contributed by atoms with Crippen LogP contribution in [0.2, 0.25) is 0 Å². The monoisotopic (exact) mass is 633 g/mol. The number of methoxy groups -OCH3 is 1. The average Bonchev–Trinajstić information content (AvgIpc) is 3.04. The highest BCUT2D eigenvalue weighted by molar-refractivity contribution is 5.91. The number of nitrogens with one attached hydrogen (secondary N) is 2. The van der Waals surface area contributed by atoms with Crippen molar-refractivity contribution in [2.45, 2.75) is 90.0 Å². The fourth-order valence-electron chi connectivity index (χ4n) is 5.96. The molecular formula is C36H47N3O7. The minimum absolute atomic E-state index is 0.0209. The number of ether oxygens (including phenoxy) is 2. The second-order valence-electron chi connectivity index (χ2n) is 12.6. The summed E-state index contributed by atoms with van der Waals surface area (Å²) in [5.41, 5.74) is 5.50. The Hall–Kier alpha value is -4.02. The SMILES string of the molecule is CO[C@@H]1CC/C=C/c2cccc(c2)[C@@H](C)OC(=O)[C@@H]2CCCN(N2)C(=O)[C@H](Cc2cccc(O)c2)NC(=O)[C@H](C(C)C)CC(=O)C1. The third-order valence-corrected chi connectivity index (χ3v) is 8.72. The van der Waals surface area contributed by atoms with Crippen LogP contribution in [0.5, 0.6) is 5.75 Å². The molecular weight excluding hydrogens is 586 g/mol. The predicted molar refractivity (Wildman–Crippen MR) is 174 cm³/mol. The highest BCUT2D eigenvalue weighted by Gasteiger charge is 2.36. The minimum atomic E-state index is -1.01. The lowest BCUT2D eigenvalue weighted by Crippen LogP contribution is -2.60. The number of rotatable bonds is 4. The van der Waals surface area contributed by atoms with Crippen LogP contribution < -0.4 is 10.7 Å². The molecule has 0 aliphatic carbocycles. The van der Waals surface area contributed by atoms with Crippen LogP contribution in [0.4, 0.5) is 0 Å². The van der Waals surface area contributed by atoms with E-state index in [-0.39, 0.29) is 42.8 Å². The van der Waals surface area contributed by atoms with Gasteiger partial charge in [0.05, 0.1) is 6.10 Å². The van der Waals surface area contributed by atoms with Gasteiger partial charge in [0.25, 0.3) is 5.91 Å². The van der Waals surface area contributed by atoms with Crippen molar-refractivity contribution in [2.75, 3.05) is 13.7 Å². The van der Waals surface area contributed by atoms with Gasteiger partial charge in [0.1, 0.15) is 29.7 Å². The number of amides is 2. The molecule has 4 rings (SSSR count). The van der Waals surface area contributed by atoms with E-state index in [0.29, 0.717) is 37.8 Å². The van der Waals surface area contributed by atoms with E-state index < -0.39 is 41.9 Å². The number of hydrazine groups is 1. The van der Waals surface area contributed by atoms with Gasteiger partial charge in [-0.1, -0.05) is 56.3 Å². The molecule has 10 heteroatoms. The van der Waals surface area contributed by atoms with Crippen LogP contribution in [0, 0.1) is 11.8 Å². The molecule has 46 heavy (non-hydrogen) atoms. The Morgan fingerprint density at radius 3 is 2.57 bits per heavy atom. The number of aromatic hydroxyl groups is 1. The number of Topliss-reactive ketones (excluding diaryl/α,β-unsaturated/α-hetero) is 1. The number of carbonyl (C=O) groups is 4. The van der Waals surface area contributed by atoms with Gasteiger partial charge >= 0.3 is 5.97 Å². The number of esters is 1. The van der Waals surface area contributed by atoms with Gasteiger partial charge in [0, 0.05) is 38.8 Å². The summed E-state index contributed by atoms with van der Waals surface area (Å²) in [4.78, 5) is 54.2. The van der Waals surface area contributed by atoms with Crippen LogP contribution in [-0.4, -0.2) is 65.5 Å². The first-order valence-corrected chi connectivity index (χ1v) is 16.2. The summed E-state index contributed by atoms with van der Waals surface area (Å²) in [5, 5.41) is 14.3. The number of allylic oxidation sites excluding steroid dienone is 1. The number of fused-ring (bicyclic) bond motifs is 4. The molecule has 2 heterocycles. The third kappa shape index (κ3) is 9.74. The standard InChI is InChI=1S/C36H47N3O7/c1-23(2)31-22-29(41)21-30(45-4)15-6-5-10-25-11-7-13-27(18-25)24(3)46-36(44)32-16-9-17-39(38-32)35(43)33(37-34(31)42)20-26-12-8-14-28(40)19-26/h5,7-8,10-14,18-19,23-24,30-33,38,40H,6,9,15-17,20-22H2,1-4H3,(H,37,42)/b10-5+/t24-,30-,31+,32+,33+/m1/s1. The number of benzene rings is 2. The molecule has 2 aromatic carbocycles. The van der Waals surface area contributed by atoms with E-state index in [4.69, 9.17) is 9.47 Å². The van der Waals surface area contributed by atoms with Crippen molar-refractivity contribution in [1.29, 1.82) is 0 Å². The van der Waals surface area contributed by atoms with Crippen molar-refractivity contribution in [3.8, 4) is 5.75 Å². The van der Waals surface area contributed by atoms with Crippen LogP contribution >= 0.6 is 0 Å². The molecule has 1 fully saturated rings. The van der Waals surface area contributed by atoms with Crippen LogP contribution in [0.15, 0.2) is 54.6 Å². The van der Waals surface area contributed by atoms with Gasteiger partial charge in [-0.3, -0.25) is 24.2 Å². The number of carbonyl (C=O) groups excluding carboxylic acids is 4. The first-order chi connectivity index (χ1) is 22.0. The lowest BCUT2D eigenvalue weighted by Gasteiger charge is -2.36. The van der Waals surface area contributed by atoms with Crippen LogP contribution in [0.3, 0.4) is 0 Å². The summed E-state index contributed by atoms with van der Waals surface area (Å²) in [5.74, 6) is -2.15. The second kappa shape index (κ2) is 16.5. The van der Waals surface area contributed by atoms with Crippen LogP contribution in [0.1, 0.15) is 82.1 Å². The van der Waals surface area contributed by atoms with Gasteiger partial charge in [-0.15, -0.1) is 0 Å². The molecule has 3 N–H and O–H groups in total. The number of phenolic OH excluding ortho intramolecular Hbond substituents is 1. The quantitative estimate of drug-likeness (QED) is 0.414. The van der Waals surface area contributed by atoms with Gasteiger partial charge in [-0.25, -0.2) is 5.43 Å². The molecule has 5 atom stereocenters. The van der Waals surface area contributed by atoms with Crippen molar-refractivity contribution >= 4 is 29.6 Å². The van der Waals surface area contributed by atoms with Crippen LogP contribution in [0.25, 0.3) is 6.08 Å². The first kappa shape index (κ1) is 34.8. The van der Waals surface area contributed by atoms with E-state index in [9.17, 15) is 24.3 Å². The van der Waals surface area contributed by atoms with Crippen molar-refractivity contribution in [1.82, 2.24) is 15.8 Å². The lowest BCUT2D eigenvalue weighted by atomic mass is 9.87. The summed E-state index contributed by atoms with van der Waals surface area (Å²) in [6, 6.07) is 12.5. The molecule has 4 bridgehead atoms. The Labute approximate surface area is 271 Å². The summed E-state index contributed by atoms with van der Waals surface area (Å²) in [7, 11) is 1.58. The number of phenols is 1. The molecule has 0 unspecified atom stereocenters. The van der Waals surface area contributed by atoms with E-state index in [1.54, 1.807) is 25.3 Å². The average molecular weight is 634 g/mol. The summed E-state index contributed by atoms with van der Waals surface area (Å²) in [6.07, 6.45) is 5.91. The van der Waals surface area contributed by atoms with Gasteiger partial charge in [0.2, 0.25) is 5.91 Å². The Morgan fingerprint density at radius 1 is 1.04 bits per heavy atom. The van der Waals surface area contributed by atoms with Crippen LogP contribution in [-0.2, 0) is 35.1 Å². The van der Waals surface area contributed by atoms with Gasteiger partial charge < -0.3 is 19.9 Å². The van der Waals surface area contributed by atoms with E-state index in [2.05, 4.69) is 10.7 Å². The maximum Gasteiger partial charge on any atom is 0.325 e. The van der Waals surface area contributed by atoms with Gasteiger partial charge in [-0.2, -0.15) is 0 Å². The molecule has 2 aliphatic heterocycles. The van der Waals surface area contributed by atoms with E-state index >= 15 is 0 Å². The summed E-state index contributed by atoms with van der Waals surface area (Å²) >= 11 is 0. The van der Waals surface area contributed by atoms with Crippen molar-refractivity contribution < 1.29 is 33.8 Å². The molecule has 2 aliphatic rings. The molecule has 0 spiro atoms. The fraction of sp³-hybridized carbons (Fsp3) is 0.500. The number of hydrogen-bond acceptors (Lipinski definition) is 8. The highest BCUT2D eigenvalue weighted by Crippen LogP contribution is 2.24. The van der Waals surface area contributed by atoms with Crippen molar-refractivity contribution in [3.05, 3.63) is 71.3 Å². The van der Waals surface area contributed by atoms with E-state index in [0.717, 1.165) is 11.1 Å². The Balaban J connectivity index is 1.64. The zero-order valence-electron chi connectivity index (χ0n) is 27.2. The largest absolute Gasteiger partial charge is 0.508 e. The fourth-order valence-corrected chi connectivity index (χ4v) is 5.96. The smallest absolute Gasteiger partial charge is 0.325 e. The normalized spacial score (nSPS) is 26.5. The number of hydrogen-bond donors (Lipinski definition) is 3. The minimum Gasteiger partial charge on any atom is -0.508 e. The van der Waals surface area contributed by atoms with E-state index in [1.807, 2.05) is 57.2 Å². The molecule has 10 nitrogen and oxygen atoms in total. The molecule has 0 saturated carbocycles. The number of nitrogens with zero attached hydrogens (tertiary/aromatic N) is 1. The van der Waals surface area contributed by atoms with Crippen molar-refractivity contribution in [3.63, 3.8) is 0 Å². The predicted octanol–water partition coefficient (Wildman–Crippen LogP) is 4.66. The molecule has 248 valence electrons. The zero-order valence-corrected chi connectivity index (χ0v) is 27.2. The van der Waals surface area contributed by atoms with Gasteiger partial charge in [0.15, 0.2) is 0 Å². The maximum atomic E-state index is 14.0. The molecule has 1 saturated heterocycles.